The standard InChI is InChI=1S/C13H18ClNO/c1-13(2)6-7-16-12(9-15-13)10-4-3-5-11(14)8-10/h3-5,8,12,15H,6-7,9H2,1-2H3. The molecular weight excluding hydrogens is 222 g/mol. The Morgan fingerprint density at radius 2 is 2.25 bits per heavy atom. The van der Waals surface area contributed by atoms with Crippen molar-refractivity contribution in [3.63, 3.8) is 0 Å². The highest BCUT2D eigenvalue weighted by atomic mass is 35.5. The second-order valence-electron chi connectivity index (χ2n) is 4.93. The molecule has 88 valence electrons. The molecule has 0 aliphatic carbocycles. The number of halogens is 1. The van der Waals surface area contributed by atoms with Crippen molar-refractivity contribution in [2.45, 2.75) is 31.9 Å². The summed E-state index contributed by atoms with van der Waals surface area (Å²) in [6.45, 7) is 6.04. The van der Waals surface area contributed by atoms with Crippen LogP contribution in [0.25, 0.3) is 0 Å². The summed E-state index contributed by atoms with van der Waals surface area (Å²) in [5.74, 6) is 0. The Bertz CT molecular complexity index is 365. The molecule has 1 unspecified atom stereocenters. The topological polar surface area (TPSA) is 21.3 Å². The minimum atomic E-state index is 0.112. The van der Waals surface area contributed by atoms with Crippen molar-refractivity contribution in [3.05, 3.63) is 34.9 Å². The summed E-state index contributed by atoms with van der Waals surface area (Å²) < 4.78 is 5.86. The molecule has 0 amide bonds. The summed E-state index contributed by atoms with van der Waals surface area (Å²) in [7, 11) is 0. The molecule has 1 fully saturated rings. The Morgan fingerprint density at radius 3 is 3.00 bits per heavy atom. The van der Waals surface area contributed by atoms with E-state index in [1.807, 2.05) is 18.2 Å². The average molecular weight is 240 g/mol. The van der Waals surface area contributed by atoms with Crippen LogP contribution in [0.3, 0.4) is 0 Å². The summed E-state index contributed by atoms with van der Waals surface area (Å²) in [6.07, 6.45) is 1.14. The zero-order valence-electron chi connectivity index (χ0n) is 9.79. The predicted molar refractivity (Wildman–Crippen MR) is 66.8 cm³/mol. The first-order valence-corrected chi connectivity index (χ1v) is 6.07. The highest BCUT2D eigenvalue weighted by Crippen LogP contribution is 2.24. The quantitative estimate of drug-likeness (QED) is 0.813. The van der Waals surface area contributed by atoms with E-state index in [-0.39, 0.29) is 11.6 Å². The van der Waals surface area contributed by atoms with Gasteiger partial charge in [0, 0.05) is 23.7 Å². The van der Waals surface area contributed by atoms with E-state index in [0.717, 1.165) is 30.2 Å². The molecule has 2 rings (SSSR count). The molecule has 0 bridgehead atoms. The lowest BCUT2D eigenvalue weighted by molar-refractivity contribution is 0.0656. The van der Waals surface area contributed by atoms with Gasteiger partial charge >= 0.3 is 0 Å². The Kier molecular flexibility index (Phi) is 3.53. The zero-order chi connectivity index (χ0) is 11.6. The van der Waals surface area contributed by atoms with Gasteiger partial charge < -0.3 is 10.1 Å². The molecule has 1 heterocycles. The number of hydrogen-bond acceptors (Lipinski definition) is 2. The van der Waals surface area contributed by atoms with E-state index in [9.17, 15) is 0 Å². The first kappa shape index (κ1) is 11.9. The summed E-state index contributed by atoms with van der Waals surface area (Å²) in [5.41, 5.74) is 1.31. The number of hydrogen-bond donors (Lipinski definition) is 1. The maximum Gasteiger partial charge on any atom is 0.0949 e. The summed E-state index contributed by atoms with van der Waals surface area (Å²) in [5, 5.41) is 4.29. The molecule has 1 atom stereocenters. The van der Waals surface area contributed by atoms with Crippen LogP contribution in [0.15, 0.2) is 24.3 Å². The van der Waals surface area contributed by atoms with E-state index in [2.05, 4.69) is 25.2 Å². The summed E-state index contributed by atoms with van der Waals surface area (Å²) in [6, 6.07) is 7.90. The molecule has 0 saturated carbocycles. The lowest BCUT2D eigenvalue weighted by Crippen LogP contribution is -2.39. The second kappa shape index (κ2) is 4.74. The van der Waals surface area contributed by atoms with Gasteiger partial charge in [0.15, 0.2) is 0 Å². The van der Waals surface area contributed by atoms with Crippen LogP contribution in [0.2, 0.25) is 5.02 Å². The molecule has 1 aliphatic heterocycles. The molecule has 0 radical (unpaired) electrons. The maximum atomic E-state index is 5.98. The fourth-order valence-corrected chi connectivity index (χ4v) is 2.09. The largest absolute Gasteiger partial charge is 0.372 e. The van der Waals surface area contributed by atoms with Gasteiger partial charge in [0.2, 0.25) is 0 Å². The Morgan fingerprint density at radius 1 is 1.44 bits per heavy atom. The molecule has 1 saturated heterocycles. The smallest absolute Gasteiger partial charge is 0.0949 e. The minimum absolute atomic E-state index is 0.112. The second-order valence-corrected chi connectivity index (χ2v) is 5.37. The molecule has 1 N–H and O–H groups in total. The van der Waals surface area contributed by atoms with Crippen LogP contribution in [0.1, 0.15) is 31.9 Å². The highest BCUT2D eigenvalue weighted by Gasteiger charge is 2.24. The lowest BCUT2D eigenvalue weighted by atomic mass is 10.0. The van der Waals surface area contributed by atoms with Gasteiger partial charge in [0.25, 0.3) is 0 Å². The van der Waals surface area contributed by atoms with E-state index in [1.54, 1.807) is 0 Å². The van der Waals surface area contributed by atoms with Gasteiger partial charge in [0.05, 0.1) is 6.10 Å². The van der Waals surface area contributed by atoms with Gasteiger partial charge in [-0.15, -0.1) is 0 Å². The number of nitrogens with one attached hydrogen (secondary N) is 1. The van der Waals surface area contributed by atoms with E-state index in [1.165, 1.54) is 0 Å². The van der Waals surface area contributed by atoms with E-state index < -0.39 is 0 Å². The van der Waals surface area contributed by atoms with Crippen molar-refractivity contribution < 1.29 is 4.74 Å². The predicted octanol–water partition coefficient (Wildman–Crippen LogP) is 3.17. The summed E-state index contributed by atoms with van der Waals surface area (Å²) in [4.78, 5) is 0. The Hall–Kier alpha value is -0.570. The first-order chi connectivity index (χ1) is 7.57. The van der Waals surface area contributed by atoms with Crippen molar-refractivity contribution in [2.75, 3.05) is 13.2 Å². The van der Waals surface area contributed by atoms with Gasteiger partial charge in [-0.2, -0.15) is 0 Å². The molecule has 1 aliphatic rings. The van der Waals surface area contributed by atoms with Gasteiger partial charge in [-0.1, -0.05) is 23.7 Å². The Balaban J connectivity index is 2.11. The molecule has 0 aromatic heterocycles. The van der Waals surface area contributed by atoms with Crippen LogP contribution in [-0.4, -0.2) is 18.7 Å². The number of benzene rings is 1. The number of rotatable bonds is 1. The van der Waals surface area contributed by atoms with E-state index in [0.29, 0.717) is 0 Å². The van der Waals surface area contributed by atoms with Gasteiger partial charge in [-0.3, -0.25) is 0 Å². The zero-order valence-corrected chi connectivity index (χ0v) is 10.6. The minimum Gasteiger partial charge on any atom is -0.372 e. The normalized spacial score (nSPS) is 25.1. The van der Waals surface area contributed by atoms with Crippen LogP contribution < -0.4 is 5.32 Å². The third-order valence-corrected chi connectivity index (χ3v) is 3.27. The van der Waals surface area contributed by atoms with E-state index >= 15 is 0 Å². The van der Waals surface area contributed by atoms with Crippen molar-refractivity contribution >= 4 is 11.6 Å². The highest BCUT2D eigenvalue weighted by molar-refractivity contribution is 6.30. The molecule has 2 nitrogen and oxygen atoms in total. The van der Waals surface area contributed by atoms with Crippen LogP contribution in [0, 0.1) is 0 Å². The van der Waals surface area contributed by atoms with Crippen molar-refractivity contribution in [2.24, 2.45) is 0 Å². The molecule has 3 heteroatoms. The molecule has 1 aromatic carbocycles. The average Bonchev–Trinajstić information content (AvgIpc) is 2.39. The Labute approximate surface area is 102 Å². The van der Waals surface area contributed by atoms with Crippen LogP contribution in [-0.2, 0) is 4.74 Å². The van der Waals surface area contributed by atoms with Crippen molar-refractivity contribution in [1.29, 1.82) is 0 Å². The lowest BCUT2D eigenvalue weighted by Gasteiger charge is -2.23. The van der Waals surface area contributed by atoms with Gasteiger partial charge in [-0.05, 0) is 38.0 Å². The van der Waals surface area contributed by atoms with Crippen molar-refractivity contribution in [3.8, 4) is 0 Å². The third-order valence-electron chi connectivity index (χ3n) is 3.03. The van der Waals surface area contributed by atoms with Crippen LogP contribution in [0.5, 0.6) is 0 Å². The van der Waals surface area contributed by atoms with E-state index in [4.69, 9.17) is 16.3 Å². The monoisotopic (exact) mass is 239 g/mol. The summed E-state index contributed by atoms with van der Waals surface area (Å²) >= 11 is 5.98. The van der Waals surface area contributed by atoms with Crippen molar-refractivity contribution in [1.82, 2.24) is 5.32 Å². The van der Waals surface area contributed by atoms with Crippen LogP contribution >= 0.6 is 11.6 Å². The first-order valence-electron chi connectivity index (χ1n) is 5.69. The fourth-order valence-electron chi connectivity index (χ4n) is 1.89. The van der Waals surface area contributed by atoms with Crippen LogP contribution in [0.4, 0.5) is 0 Å². The molecule has 0 spiro atoms. The van der Waals surface area contributed by atoms with Gasteiger partial charge in [-0.25, -0.2) is 0 Å². The molecular formula is C13H18ClNO. The number of ether oxygens (including phenoxy) is 1. The SMILES string of the molecule is CC1(C)CCOC(c2cccc(Cl)c2)CN1. The maximum absolute atomic E-state index is 5.98. The van der Waals surface area contributed by atoms with Gasteiger partial charge in [0.1, 0.15) is 0 Å². The third kappa shape index (κ3) is 2.97. The fraction of sp³-hybridized carbons (Fsp3) is 0.538. The molecule has 1 aromatic rings. The molecule has 16 heavy (non-hydrogen) atoms.